The van der Waals surface area contributed by atoms with E-state index in [0.29, 0.717) is 18.8 Å². The van der Waals surface area contributed by atoms with Crippen LogP contribution in [0.25, 0.3) is 10.8 Å². The van der Waals surface area contributed by atoms with Gasteiger partial charge in [-0.2, -0.15) is 5.10 Å². The van der Waals surface area contributed by atoms with Gasteiger partial charge in [0, 0.05) is 23.8 Å². The largest absolute Gasteiger partial charge is 0.496 e. The van der Waals surface area contributed by atoms with Gasteiger partial charge in [-0.25, -0.2) is 9.78 Å². The lowest BCUT2D eigenvalue weighted by atomic mass is 9.84. The molecule has 15 nitrogen and oxygen atoms in total. The van der Waals surface area contributed by atoms with Gasteiger partial charge < -0.3 is 38.4 Å². The van der Waals surface area contributed by atoms with Crippen molar-refractivity contribution in [1.82, 2.24) is 19.7 Å². The molecule has 57 heavy (non-hydrogen) atoms. The van der Waals surface area contributed by atoms with E-state index in [0.717, 1.165) is 27.6 Å². The van der Waals surface area contributed by atoms with Crippen molar-refractivity contribution in [2.75, 3.05) is 40.0 Å². The first kappa shape index (κ1) is 40.9. The van der Waals surface area contributed by atoms with Crippen molar-refractivity contribution in [3.63, 3.8) is 0 Å². The molecule has 302 valence electrons. The number of nitrogens with zero attached hydrogens (tertiary/aromatic N) is 5. The molecule has 1 aromatic heterocycles. The first-order chi connectivity index (χ1) is 27.5. The number of benzene rings is 4. The van der Waals surface area contributed by atoms with Gasteiger partial charge in [0.1, 0.15) is 29.8 Å². The number of carbonyl (C=O) groups is 1. The van der Waals surface area contributed by atoms with Crippen molar-refractivity contribution in [3.05, 3.63) is 119 Å². The van der Waals surface area contributed by atoms with E-state index in [4.69, 9.17) is 28.4 Å². The summed E-state index contributed by atoms with van der Waals surface area (Å²) in [7, 11) is 1.64. The summed E-state index contributed by atoms with van der Waals surface area (Å²) in [5.74, 6) is 1.20. The Morgan fingerprint density at radius 1 is 0.947 bits per heavy atom. The minimum absolute atomic E-state index is 0.0345. The number of amides is 1. The molecule has 1 N–H and O–H groups in total. The normalized spacial score (nSPS) is 17.6. The Kier molecular flexibility index (Phi) is 13.6. The SMILES string of the molecule is COc1cc(CO[C@H]2CN(C(=O)OC(C)(C)C)C[C@@H](OC[C@@H](O)Cn3cncn3)[C@@H]2c2ccc(OCCCOc3ccccc3[N+](=O)[O-])cc2)cc2ccccc12. The van der Waals surface area contributed by atoms with Gasteiger partial charge in [0.05, 0.1) is 76.4 Å². The second-order valence-electron chi connectivity index (χ2n) is 14.8. The fourth-order valence-corrected chi connectivity index (χ4v) is 6.76. The van der Waals surface area contributed by atoms with Crippen LogP contribution < -0.4 is 14.2 Å². The molecule has 1 amide bonds. The van der Waals surface area contributed by atoms with Crippen molar-refractivity contribution >= 4 is 22.6 Å². The number of ether oxygens (including phenoxy) is 6. The van der Waals surface area contributed by atoms with E-state index in [2.05, 4.69) is 16.1 Å². The fourth-order valence-electron chi connectivity index (χ4n) is 6.76. The number of para-hydroxylation sites is 2. The molecule has 0 bridgehead atoms. The van der Waals surface area contributed by atoms with Crippen LogP contribution in [0.4, 0.5) is 10.5 Å². The summed E-state index contributed by atoms with van der Waals surface area (Å²) in [5, 5.41) is 28.3. The smallest absolute Gasteiger partial charge is 0.410 e. The fraction of sp³-hybridized carbons (Fsp3) is 0.405. The number of methoxy groups -OCH3 is 1. The molecule has 4 atom stereocenters. The predicted molar refractivity (Wildman–Crippen MR) is 211 cm³/mol. The molecule has 1 fully saturated rings. The Morgan fingerprint density at radius 2 is 1.67 bits per heavy atom. The summed E-state index contributed by atoms with van der Waals surface area (Å²) < 4.78 is 37.9. The van der Waals surface area contributed by atoms with Gasteiger partial charge in [-0.3, -0.25) is 14.8 Å². The second-order valence-corrected chi connectivity index (χ2v) is 14.8. The molecule has 5 aromatic rings. The van der Waals surface area contributed by atoms with Gasteiger partial charge in [0.15, 0.2) is 5.75 Å². The minimum atomic E-state index is -0.901. The molecule has 0 spiro atoms. The second kappa shape index (κ2) is 18.9. The molecule has 4 aromatic carbocycles. The van der Waals surface area contributed by atoms with Crippen molar-refractivity contribution < 1.29 is 43.2 Å². The summed E-state index contributed by atoms with van der Waals surface area (Å²) >= 11 is 0. The first-order valence-corrected chi connectivity index (χ1v) is 18.8. The lowest BCUT2D eigenvalue weighted by Gasteiger charge is -2.44. The number of likely N-dealkylation sites (tertiary alicyclic amines) is 1. The minimum Gasteiger partial charge on any atom is -0.496 e. The molecule has 1 aliphatic heterocycles. The van der Waals surface area contributed by atoms with Crippen LogP contribution in [0.1, 0.15) is 44.2 Å². The molecule has 0 unspecified atom stereocenters. The number of hydrogen-bond acceptors (Lipinski definition) is 12. The van der Waals surface area contributed by atoms with Crippen LogP contribution in [0.2, 0.25) is 0 Å². The lowest BCUT2D eigenvalue weighted by Crippen LogP contribution is -2.55. The molecule has 15 heteroatoms. The highest BCUT2D eigenvalue weighted by molar-refractivity contribution is 5.89. The molecule has 0 radical (unpaired) electrons. The number of nitro benzene ring substituents is 1. The van der Waals surface area contributed by atoms with Crippen molar-refractivity contribution in [3.8, 4) is 17.2 Å². The Hall–Kier alpha value is -5.77. The number of piperidine rings is 1. The van der Waals surface area contributed by atoms with Gasteiger partial charge in [-0.05, 0) is 67.6 Å². The monoisotopic (exact) mass is 783 g/mol. The van der Waals surface area contributed by atoms with E-state index in [1.807, 2.05) is 75.4 Å². The molecule has 2 heterocycles. The van der Waals surface area contributed by atoms with E-state index in [1.54, 1.807) is 30.2 Å². The number of aromatic nitrogens is 3. The van der Waals surface area contributed by atoms with Crippen molar-refractivity contribution in [2.24, 2.45) is 0 Å². The van der Waals surface area contributed by atoms with Gasteiger partial charge in [0.25, 0.3) is 0 Å². The number of nitro groups is 1. The number of rotatable bonds is 17. The van der Waals surface area contributed by atoms with Gasteiger partial charge >= 0.3 is 11.8 Å². The standard InChI is InChI=1S/C42H49N5O10/c1-42(2,3)57-41(49)45-23-38(55-25-29-20-31-10-5-6-11-34(31)37(21-29)52-4)40(39(24-45)56-26-32(48)22-46-28-43-27-44-46)30-14-16-33(17-15-30)53-18-9-19-54-36-13-8-7-12-35(36)47(50)51/h5-8,10-17,20-21,27-28,32,38-40,48H,9,18-19,22-26H2,1-4H3/t32-,38-,39+,40+/m0/s1. The van der Waals surface area contributed by atoms with Gasteiger partial charge in [0.2, 0.25) is 0 Å². The number of hydrogen-bond donors (Lipinski definition) is 1. The molecule has 6 rings (SSSR count). The Labute approximate surface area is 331 Å². The zero-order chi connectivity index (χ0) is 40.4. The van der Waals surface area contributed by atoms with Crippen LogP contribution in [0.3, 0.4) is 0 Å². The van der Waals surface area contributed by atoms with E-state index in [-0.39, 0.29) is 56.8 Å². The zero-order valence-electron chi connectivity index (χ0n) is 32.6. The maximum Gasteiger partial charge on any atom is 0.410 e. The highest BCUT2D eigenvalue weighted by Gasteiger charge is 2.42. The van der Waals surface area contributed by atoms with Crippen LogP contribution in [-0.4, -0.2) is 99.7 Å². The van der Waals surface area contributed by atoms with E-state index in [1.165, 1.54) is 23.4 Å². The molecular weight excluding hydrogens is 734 g/mol. The van der Waals surface area contributed by atoms with Crippen molar-refractivity contribution in [1.29, 1.82) is 0 Å². The summed E-state index contributed by atoms with van der Waals surface area (Å²) in [6.07, 6.45) is 0.880. The Balaban J connectivity index is 1.21. The Bertz CT molecular complexity index is 2070. The third-order valence-electron chi connectivity index (χ3n) is 9.33. The highest BCUT2D eigenvalue weighted by atomic mass is 16.6. The first-order valence-electron chi connectivity index (χ1n) is 18.8. The number of aliphatic hydroxyl groups excluding tert-OH is 1. The average molecular weight is 784 g/mol. The van der Waals surface area contributed by atoms with Crippen LogP contribution >= 0.6 is 0 Å². The Morgan fingerprint density at radius 3 is 2.39 bits per heavy atom. The van der Waals surface area contributed by atoms with Gasteiger partial charge in [-0.15, -0.1) is 0 Å². The van der Waals surface area contributed by atoms with Crippen molar-refractivity contribution in [2.45, 2.75) is 70.2 Å². The summed E-state index contributed by atoms with van der Waals surface area (Å²) in [6.45, 7) is 6.80. The van der Waals surface area contributed by atoms with E-state index < -0.39 is 34.9 Å². The predicted octanol–water partition coefficient (Wildman–Crippen LogP) is 6.56. The topological polar surface area (TPSA) is 170 Å². The summed E-state index contributed by atoms with van der Waals surface area (Å²) in [4.78, 5) is 30.0. The molecule has 1 saturated heterocycles. The number of aliphatic hydroxyl groups is 1. The maximum atomic E-state index is 13.6. The van der Waals surface area contributed by atoms with E-state index >= 15 is 0 Å². The molecule has 0 saturated carbocycles. The number of fused-ring (bicyclic) bond motifs is 1. The summed E-state index contributed by atoms with van der Waals surface area (Å²) in [6, 6.07) is 25.9. The van der Waals surface area contributed by atoms with Crippen LogP contribution in [0, 0.1) is 10.1 Å². The van der Waals surface area contributed by atoms with Crippen LogP contribution in [0.15, 0.2) is 97.6 Å². The van der Waals surface area contributed by atoms with Crippen LogP contribution in [-0.2, 0) is 27.4 Å². The maximum absolute atomic E-state index is 13.6. The molecule has 0 aliphatic carbocycles. The van der Waals surface area contributed by atoms with Gasteiger partial charge in [-0.1, -0.05) is 48.5 Å². The summed E-state index contributed by atoms with van der Waals surface area (Å²) in [5.41, 5.74) is 0.978. The molecular formula is C42H49N5O10. The van der Waals surface area contributed by atoms with E-state index in [9.17, 15) is 20.0 Å². The van der Waals surface area contributed by atoms with Crippen LogP contribution in [0.5, 0.6) is 17.2 Å². The zero-order valence-corrected chi connectivity index (χ0v) is 32.6. The third-order valence-corrected chi connectivity index (χ3v) is 9.33. The highest BCUT2D eigenvalue weighted by Crippen LogP contribution is 2.36. The lowest BCUT2D eigenvalue weighted by molar-refractivity contribution is -0.385. The number of carbonyl (C=O) groups excluding carboxylic acids is 1. The quantitative estimate of drug-likeness (QED) is 0.0613. The molecule has 1 aliphatic rings. The third kappa shape index (κ3) is 11.2. The average Bonchev–Trinajstić information content (AvgIpc) is 3.71.